The number of carboxylic acid groups (broad SMARTS) is 1. The summed E-state index contributed by atoms with van der Waals surface area (Å²) in [5, 5.41) is 9.84. The highest BCUT2D eigenvalue weighted by Crippen LogP contribution is 2.28. The molecule has 3 rings (SSSR count). The number of nitrogens with zero attached hydrogens (tertiary/aromatic N) is 2. The summed E-state index contributed by atoms with van der Waals surface area (Å²) >= 11 is 5.90. The molecule has 0 amide bonds. The molecular formula is C16H15ClN2O2. The van der Waals surface area contributed by atoms with E-state index in [1.807, 2.05) is 31.2 Å². The Morgan fingerprint density at radius 1 is 1.29 bits per heavy atom. The first-order valence-corrected chi connectivity index (χ1v) is 7.27. The molecule has 21 heavy (non-hydrogen) atoms. The number of fused-ring (bicyclic) bond motifs is 1. The minimum Gasteiger partial charge on any atom is -0.481 e. The molecule has 108 valence electrons. The fourth-order valence-electron chi connectivity index (χ4n) is 2.73. The standard InChI is InChI=1S/C16H15ClN2O2/c1-9-13-8-11(16(20)21)4-7-14(13)19-15(18-9)10-2-5-12(17)6-3-10/h2-3,5-6,11H,4,7-8H2,1H3,(H,20,21). The molecule has 1 aliphatic carbocycles. The normalized spacial score (nSPS) is 17.3. The zero-order valence-corrected chi connectivity index (χ0v) is 12.4. The van der Waals surface area contributed by atoms with Crippen molar-refractivity contribution in [1.82, 2.24) is 9.97 Å². The Morgan fingerprint density at radius 2 is 2.00 bits per heavy atom. The van der Waals surface area contributed by atoms with Crippen molar-refractivity contribution in [1.29, 1.82) is 0 Å². The van der Waals surface area contributed by atoms with Gasteiger partial charge in [-0.3, -0.25) is 4.79 Å². The minimum atomic E-state index is -0.734. The molecule has 1 unspecified atom stereocenters. The number of aryl methyl sites for hydroxylation is 2. The number of hydrogen-bond acceptors (Lipinski definition) is 3. The summed E-state index contributed by atoms with van der Waals surface area (Å²) in [5.74, 6) is -0.375. The fourth-order valence-corrected chi connectivity index (χ4v) is 2.85. The van der Waals surface area contributed by atoms with Crippen molar-refractivity contribution in [2.24, 2.45) is 5.92 Å². The second-order valence-corrected chi connectivity index (χ2v) is 5.78. The summed E-state index contributed by atoms with van der Waals surface area (Å²) in [6.07, 6.45) is 1.85. The maximum atomic E-state index is 11.1. The van der Waals surface area contributed by atoms with Crippen LogP contribution in [0.3, 0.4) is 0 Å². The van der Waals surface area contributed by atoms with E-state index in [1.165, 1.54) is 0 Å². The lowest BCUT2D eigenvalue weighted by Gasteiger charge is -2.22. The van der Waals surface area contributed by atoms with Crippen LogP contribution in [0.4, 0.5) is 0 Å². The quantitative estimate of drug-likeness (QED) is 0.924. The van der Waals surface area contributed by atoms with E-state index in [4.69, 9.17) is 16.7 Å². The highest BCUT2D eigenvalue weighted by atomic mass is 35.5. The second kappa shape index (κ2) is 5.45. The Hall–Kier alpha value is -1.94. The average molecular weight is 303 g/mol. The number of benzene rings is 1. The van der Waals surface area contributed by atoms with Gasteiger partial charge in [-0.2, -0.15) is 0 Å². The predicted octanol–water partition coefficient (Wildman–Crippen LogP) is 3.29. The van der Waals surface area contributed by atoms with E-state index in [9.17, 15) is 4.79 Å². The third-order valence-electron chi connectivity index (χ3n) is 3.93. The van der Waals surface area contributed by atoms with Crippen LogP contribution >= 0.6 is 11.6 Å². The maximum Gasteiger partial charge on any atom is 0.306 e. The molecule has 0 aliphatic heterocycles. The van der Waals surface area contributed by atoms with Crippen molar-refractivity contribution in [3.63, 3.8) is 0 Å². The van der Waals surface area contributed by atoms with Crippen LogP contribution in [0.1, 0.15) is 23.4 Å². The molecule has 2 aromatic rings. The molecule has 1 atom stereocenters. The van der Waals surface area contributed by atoms with E-state index in [2.05, 4.69) is 9.97 Å². The SMILES string of the molecule is Cc1nc(-c2ccc(Cl)cc2)nc2c1CC(C(=O)O)CC2. The average Bonchev–Trinajstić information content (AvgIpc) is 2.47. The molecule has 0 saturated carbocycles. The molecule has 0 fully saturated rings. The van der Waals surface area contributed by atoms with Crippen molar-refractivity contribution in [3.05, 3.63) is 46.2 Å². The predicted molar refractivity (Wildman–Crippen MR) is 80.4 cm³/mol. The van der Waals surface area contributed by atoms with Crippen LogP contribution in [0.2, 0.25) is 5.02 Å². The van der Waals surface area contributed by atoms with Crippen LogP contribution in [-0.2, 0) is 17.6 Å². The number of aliphatic carboxylic acids is 1. The van der Waals surface area contributed by atoms with Crippen molar-refractivity contribution in [3.8, 4) is 11.4 Å². The van der Waals surface area contributed by atoms with Gasteiger partial charge in [0, 0.05) is 22.0 Å². The van der Waals surface area contributed by atoms with Crippen LogP contribution in [-0.4, -0.2) is 21.0 Å². The molecule has 0 radical (unpaired) electrons. The van der Waals surface area contributed by atoms with E-state index < -0.39 is 5.97 Å². The Balaban J connectivity index is 1.99. The molecule has 1 N–H and O–H groups in total. The van der Waals surface area contributed by atoms with Crippen molar-refractivity contribution in [2.45, 2.75) is 26.2 Å². The zero-order chi connectivity index (χ0) is 15.0. The van der Waals surface area contributed by atoms with Gasteiger partial charge < -0.3 is 5.11 Å². The van der Waals surface area contributed by atoms with Gasteiger partial charge in [-0.05, 0) is 56.0 Å². The topological polar surface area (TPSA) is 63.1 Å². The van der Waals surface area contributed by atoms with Gasteiger partial charge in [-0.15, -0.1) is 0 Å². The summed E-state index contributed by atoms with van der Waals surface area (Å²) in [7, 11) is 0. The summed E-state index contributed by atoms with van der Waals surface area (Å²) in [6, 6.07) is 7.42. The first-order valence-electron chi connectivity index (χ1n) is 6.89. The van der Waals surface area contributed by atoms with Gasteiger partial charge in [0.1, 0.15) is 0 Å². The Morgan fingerprint density at radius 3 is 2.67 bits per heavy atom. The Labute approximate surface area is 127 Å². The minimum absolute atomic E-state index is 0.318. The first-order chi connectivity index (χ1) is 10.0. The highest BCUT2D eigenvalue weighted by molar-refractivity contribution is 6.30. The van der Waals surface area contributed by atoms with Gasteiger partial charge in [0.15, 0.2) is 5.82 Å². The molecule has 5 heteroatoms. The lowest BCUT2D eigenvalue weighted by Crippen LogP contribution is -2.24. The molecule has 1 aromatic heterocycles. The lowest BCUT2D eigenvalue weighted by atomic mass is 9.86. The fraction of sp³-hybridized carbons (Fsp3) is 0.312. The van der Waals surface area contributed by atoms with Crippen molar-refractivity contribution >= 4 is 17.6 Å². The molecule has 1 heterocycles. The second-order valence-electron chi connectivity index (χ2n) is 5.34. The van der Waals surface area contributed by atoms with Gasteiger partial charge in [-0.25, -0.2) is 9.97 Å². The third kappa shape index (κ3) is 2.76. The molecule has 0 spiro atoms. The van der Waals surface area contributed by atoms with E-state index in [-0.39, 0.29) is 5.92 Å². The zero-order valence-electron chi connectivity index (χ0n) is 11.6. The number of carboxylic acids is 1. The van der Waals surface area contributed by atoms with Crippen LogP contribution < -0.4 is 0 Å². The van der Waals surface area contributed by atoms with Gasteiger partial charge in [0.25, 0.3) is 0 Å². The molecule has 0 bridgehead atoms. The molecule has 1 aromatic carbocycles. The first kappa shape index (κ1) is 14.0. The molecular weight excluding hydrogens is 288 g/mol. The van der Waals surface area contributed by atoms with Crippen molar-refractivity contribution < 1.29 is 9.90 Å². The summed E-state index contributed by atoms with van der Waals surface area (Å²) in [6.45, 7) is 1.92. The van der Waals surface area contributed by atoms with Crippen molar-refractivity contribution in [2.75, 3.05) is 0 Å². The summed E-state index contributed by atoms with van der Waals surface area (Å²) in [4.78, 5) is 20.3. The Bertz CT molecular complexity index is 698. The summed E-state index contributed by atoms with van der Waals surface area (Å²) < 4.78 is 0. The smallest absolute Gasteiger partial charge is 0.306 e. The molecule has 4 nitrogen and oxygen atoms in total. The van der Waals surface area contributed by atoms with E-state index in [0.717, 1.165) is 22.5 Å². The lowest BCUT2D eigenvalue weighted by molar-refractivity contribution is -0.142. The van der Waals surface area contributed by atoms with Crippen LogP contribution in [0.5, 0.6) is 0 Å². The molecule has 1 aliphatic rings. The number of aromatic nitrogens is 2. The van der Waals surface area contributed by atoms with E-state index in [0.29, 0.717) is 30.1 Å². The number of hydrogen-bond donors (Lipinski definition) is 1. The third-order valence-corrected chi connectivity index (χ3v) is 4.18. The van der Waals surface area contributed by atoms with Gasteiger partial charge in [0.2, 0.25) is 0 Å². The van der Waals surface area contributed by atoms with Crippen LogP contribution in [0.25, 0.3) is 11.4 Å². The van der Waals surface area contributed by atoms with Gasteiger partial charge in [-0.1, -0.05) is 11.6 Å². The molecule has 0 saturated heterocycles. The van der Waals surface area contributed by atoms with Crippen LogP contribution in [0, 0.1) is 12.8 Å². The Kier molecular flexibility index (Phi) is 3.64. The van der Waals surface area contributed by atoms with Gasteiger partial charge in [0.05, 0.1) is 5.92 Å². The monoisotopic (exact) mass is 302 g/mol. The number of carbonyl (C=O) groups is 1. The highest BCUT2D eigenvalue weighted by Gasteiger charge is 2.27. The van der Waals surface area contributed by atoms with E-state index in [1.54, 1.807) is 0 Å². The largest absolute Gasteiger partial charge is 0.481 e. The summed E-state index contributed by atoms with van der Waals surface area (Å²) in [5.41, 5.74) is 3.76. The van der Waals surface area contributed by atoms with Crippen LogP contribution in [0.15, 0.2) is 24.3 Å². The van der Waals surface area contributed by atoms with Gasteiger partial charge >= 0.3 is 5.97 Å². The number of rotatable bonds is 2. The number of halogens is 1. The maximum absolute atomic E-state index is 11.1. The van der Waals surface area contributed by atoms with E-state index >= 15 is 0 Å².